The lowest BCUT2D eigenvalue weighted by Gasteiger charge is -2.18. The summed E-state index contributed by atoms with van der Waals surface area (Å²) in [6.07, 6.45) is 0. The number of carbonyl (C=O) groups excluding carboxylic acids is 1. The fourth-order valence-electron chi connectivity index (χ4n) is 1.70. The van der Waals surface area contributed by atoms with Gasteiger partial charge in [0.25, 0.3) is 0 Å². The van der Waals surface area contributed by atoms with Crippen molar-refractivity contribution in [3.05, 3.63) is 39.7 Å². The van der Waals surface area contributed by atoms with E-state index in [-0.39, 0.29) is 12.5 Å². The van der Waals surface area contributed by atoms with Crippen LogP contribution in [0.3, 0.4) is 0 Å². The molecule has 1 amide bonds. The fourth-order valence-corrected chi connectivity index (χ4v) is 1.70. The van der Waals surface area contributed by atoms with Crippen molar-refractivity contribution in [3.63, 3.8) is 0 Å². The van der Waals surface area contributed by atoms with Gasteiger partial charge in [-0.25, -0.2) is 0 Å². The third-order valence-electron chi connectivity index (χ3n) is 2.71. The molecule has 1 unspecified atom stereocenters. The minimum absolute atomic E-state index is 0.000366. The first kappa shape index (κ1) is 15.0. The van der Waals surface area contributed by atoms with E-state index in [0.29, 0.717) is 5.56 Å². The second-order valence-electron chi connectivity index (χ2n) is 4.55. The Kier molecular flexibility index (Phi) is 4.94. The highest BCUT2D eigenvalue weighted by Gasteiger charge is 2.19. The van der Waals surface area contributed by atoms with Crippen molar-refractivity contribution in [3.8, 4) is 0 Å². The van der Waals surface area contributed by atoms with Gasteiger partial charge < -0.3 is 11.1 Å². The maximum Gasteiger partial charge on any atom is 0.304 e. The summed E-state index contributed by atoms with van der Waals surface area (Å²) in [4.78, 5) is 20.9. The summed E-state index contributed by atoms with van der Waals surface area (Å²) in [5.74, 6) is -1.39. The van der Waals surface area contributed by atoms with Gasteiger partial charge in [-0.15, -0.1) is 0 Å². The van der Waals surface area contributed by atoms with E-state index in [1.54, 1.807) is 0 Å². The molecule has 6 nitrogen and oxygen atoms in total. The minimum Gasteiger partial charge on any atom is -0.368 e. The summed E-state index contributed by atoms with van der Waals surface area (Å²) in [5.41, 5.74) is 5.17. The second kappa shape index (κ2) is 6.24. The Hall–Kier alpha value is -2.02. The molecule has 0 bridgehead atoms. The Bertz CT molecular complexity index is 491. The Morgan fingerprint density at radius 1 is 1.53 bits per heavy atom. The van der Waals surface area contributed by atoms with Crippen LogP contribution in [0.5, 0.6) is 0 Å². The number of nitrogens with one attached hydrogen (secondary N) is 1. The van der Waals surface area contributed by atoms with Crippen LogP contribution in [0.15, 0.2) is 18.2 Å². The largest absolute Gasteiger partial charge is 0.368 e. The van der Waals surface area contributed by atoms with Crippen LogP contribution < -0.4 is 11.1 Å². The molecule has 0 aliphatic carbocycles. The van der Waals surface area contributed by atoms with E-state index >= 15 is 0 Å². The molecule has 0 fully saturated rings. The van der Waals surface area contributed by atoms with Crippen molar-refractivity contribution in [2.24, 2.45) is 11.7 Å². The third-order valence-corrected chi connectivity index (χ3v) is 2.71. The first-order valence-corrected chi connectivity index (χ1v) is 5.78. The van der Waals surface area contributed by atoms with Gasteiger partial charge in [-0.05, 0) is 17.5 Å². The van der Waals surface area contributed by atoms with Crippen molar-refractivity contribution in [2.75, 3.05) is 0 Å². The number of benzene rings is 1. The van der Waals surface area contributed by atoms with Gasteiger partial charge in [-0.2, -0.15) is 4.39 Å². The summed E-state index contributed by atoms with van der Waals surface area (Å²) in [7, 11) is 0. The van der Waals surface area contributed by atoms with Gasteiger partial charge in [-0.1, -0.05) is 19.9 Å². The van der Waals surface area contributed by atoms with Gasteiger partial charge >= 0.3 is 5.69 Å². The van der Waals surface area contributed by atoms with Crippen molar-refractivity contribution in [1.82, 2.24) is 5.32 Å². The molecule has 0 heterocycles. The van der Waals surface area contributed by atoms with Gasteiger partial charge in [0.2, 0.25) is 11.7 Å². The van der Waals surface area contributed by atoms with Gasteiger partial charge in [0.1, 0.15) is 0 Å². The molecule has 3 N–H and O–H groups in total. The molecule has 0 spiro atoms. The van der Waals surface area contributed by atoms with E-state index in [1.165, 1.54) is 6.07 Å². The maximum absolute atomic E-state index is 13.4. The first-order chi connectivity index (χ1) is 8.82. The van der Waals surface area contributed by atoms with Crippen LogP contribution >= 0.6 is 0 Å². The average Bonchev–Trinajstić information content (AvgIpc) is 2.27. The molecule has 0 saturated heterocycles. The zero-order valence-corrected chi connectivity index (χ0v) is 10.7. The van der Waals surface area contributed by atoms with Gasteiger partial charge in [0.05, 0.1) is 11.0 Å². The predicted molar refractivity (Wildman–Crippen MR) is 67.7 cm³/mol. The summed E-state index contributed by atoms with van der Waals surface area (Å²) >= 11 is 0. The van der Waals surface area contributed by atoms with E-state index in [9.17, 15) is 19.3 Å². The molecule has 19 heavy (non-hydrogen) atoms. The first-order valence-electron chi connectivity index (χ1n) is 5.78. The maximum atomic E-state index is 13.4. The van der Waals surface area contributed by atoms with Crippen LogP contribution in [-0.4, -0.2) is 16.9 Å². The Balaban J connectivity index is 2.76. The topological polar surface area (TPSA) is 98.3 Å². The lowest BCUT2D eigenvalue weighted by Crippen LogP contribution is -2.44. The number of hydrogen-bond donors (Lipinski definition) is 2. The molecule has 0 aliphatic heterocycles. The van der Waals surface area contributed by atoms with Crippen LogP contribution in [0.2, 0.25) is 0 Å². The lowest BCUT2D eigenvalue weighted by molar-refractivity contribution is -0.387. The van der Waals surface area contributed by atoms with E-state index in [2.05, 4.69) is 5.32 Å². The van der Waals surface area contributed by atoms with Crippen molar-refractivity contribution < 1.29 is 14.1 Å². The fraction of sp³-hybridized carbons (Fsp3) is 0.417. The van der Waals surface area contributed by atoms with Crippen molar-refractivity contribution in [2.45, 2.75) is 26.4 Å². The smallest absolute Gasteiger partial charge is 0.304 e. The molecule has 0 aliphatic rings. The molecular formula is C12H16FN3O3. The Labute approximate surface area is 109 Å². The molecular weight excluding hydrogens is 253 g/mol. The van der Waals surface area contributed by atoms with Crippen molar-refractivity contribution >= 4 is 11.6 Å². The zero-order chi connectivity index (χ0) is 14.6. The number of amides is 1. The molecule has 0 saturated carbocycles. The summed E-state index contributed by atoms with van der Waals surface area (Å²) in [6.45, 7) is 3.87. The van der Waals surface area contributed by atoms with E-state index in [4.69, 9.17) is 5.73 Å². The Morgan fingerprint density at radius 3 is 2.58 bits per heavy atom. The quantitative estimate of drug-likeness (QED) is 0.601. The SMILES string of the molecule is CC(C)C(NCc1ccc([N+](=O)[O-])c(F)c1)C(N)=O. The number of nitro groups is 1. The molecule has 7 heteroatoms. The zero-order valence-electron chi connectivity index (χ0n) is 10.7. The third kappa shape index (κ3) is 3.99. The van der Waals surface area contributed by atoms with Gasteiger partial charge in [0, 0.05) is 12.6 Å². The number of nitrogens with zero attached hydrogens (tertiary/aromatic N) is 1. The second-order valence-corrected chi connectivity index (χ2v) is 4.55. The van der Waals surface area contributed by atoms with Crippen LogP contribution in [0.4, 0.5) is 10.1 Å². The summed E-state index contributed by atoms with van der Waals surface area (Å²) in [5, 5.41) is 13.4. The molecule has 1 atom stereocenters. The van der Waals surface area contributed by atoms with Crippen molar-refractivity contribution in [1.29, 1.82) is 0 Å². The molecule has 1 aromatic carbocycles. The normalized spacial score (nSPS) is 12.4. The molecule has 0 aromatic heterocycles. The molecule has 0 radical (unpaired) electrons. The highest BCUT2D eigenvalue weighted by Crippen LogP contribution is 2.18. The summed E-state index contributed by atoms with van der Waals surface area (Å²) < 4.78 is 13.4. The van der Waals surface area contributed by atoms with Gasteiger partial charge in [-0.3, -0.25) is 14.9 Å². The Morgan fingerprint density at radius 2 is 2.16 bits per heavy atom. The number of primary amides is 1. The van der Waals surface area contributed by atoms with E-state index in [0.717, 1.165) is 12.1 Å². The number of rotatable bonds is 6. The lowest BCUT2D eigenvalue weighted by atomic mass is 10.0. The molecule has 104 valence electrons. The van der Waals surface area contributed by atoms with Crippen LogP contribution in [-0.2, 0) is 11.3 Å². The van der Waals surface area contributed by atoms with Crippen LogP contribution in [0.1, 0.15) is 19.4 Å². The monoisotopic (exact) mass is 269 g/mol. The predicted octanol–water partition coefficient (Wildman–Crippen LogP) is 1.33. The number of nitro benzene ring substituents is 1. The number of carbonyl (C=O) groups is 1. The number of nitrogens with two attached hydrogens (primary N) is 1. The minimum atomic E-state index is -0.899. The van der Waals surface area contributed by atoms with Crippen LogP contribution in [0, 0.1) is 21.8 Å². The average molecular weight is 269 g/mol. The standard InChI is InChI=1S/C12H16FN3O3/c1-7(2)11(12(14)17)15-6-8-3-4-10(16(18)19)9(13)5-8/h3-5,7,11,15H,6H2,1-2H3,(H2,14,17). The molecule has 1 aromatic rings. The number of halogens is 1. The van der Waals surface area contributed by atoms with Crippen LogP contribution in [0.25, 0.3) is 0 Å². The molecule has 1 rings (SSSR count). The number of hydrogen-bond acceptors (Lipinski definition) is 4. The van der Waals surface area contributed by atoms with Gasteiger partial charge in [0.15, 0.2) is 0 Å². The van der Waals surface area contributed by atoms with E-state index in [1.807, 2.05) is 13.8 Å². The highest BCUT2D eigenvalue weighted by atomic mass is 19.1. The summed E-state index contributed by atoms with van der Waals surface area (Å²) in [6, 6.07) is 3.08. The highest BCUT2D eigenvalue weighted by molar-refractivity contribution is 5.80. The van der Waals surface area contributed by atoms with E-state index < -0.39 is 28.4 Å².